The van der Waals surface area contributed by atoms with Gasteiger partial charge in [-0.05, 0) is 80.6 Å². The van der Waals surface area contributed by atoms with E-state index in [-0.39, 0.29) is 17.4 Å². The highest BCUT2D eigenvalue weighted by molar-refractivity contribution is 7.88. The molecule has 2 aliphatic heterocycles. The maximum absolute atomic E-state index is 13.6. The van der Waals surface area contributed by atoms with Gasteiger partial charge in [0.15, 0.2) is 5.69 Å². The molecule has 0 bridgehead atoms. The van der Waals surface area contributed by atoms with Crippen LogP contribution < -0.4 is 4.74 Å². The van der Waals surface area contributed by atoms with Crippen LogP contribution in [0.4, 0.5) is 0 Å². The molecule has 3 heterocycles. The van der Waals surface area contributed by atoms with Gasteiger partial charge in [-0.3, -0.25) is 4.79 Å². The summed E-state index contributed by atoms with van der Waals surface area (Å²) in [5, 5.41) is 8.59. The van der Waals surface area contributed by atoms with E-state index in [1.54, 1.807) is 14.2 Å². The van der Waals surface area contributed by atoms with Crippen LogP contribution in [0.15, 0.2) is 24.3 Å². The molecule has 226 valence electrons. The minimum absolute atomic E-state index is 0.0663. The first kappa shape index (κ1) is 31.4. The lowest BCUT2D eigenvalue weighted by atomic mass is 9.86. The van der Waals surface area contributed by atoms with E-state index in [0.29, 0.717) is 37.1 Å². The Labute approximate surface area is 246 Å². The third-order valence-corrected chi connectivity index (χ3v) is 10.3. The fraction of sp³-hybridized carbons (Fsp3) is 0.645. The normalized spacial score (nSPS) is 18.2. The van der Waals surface area contributed by atoms with Crippen molar-refractivity contribution in [2.24, 2.45) is 0 Å². The lowest BCUT2D eigenvalue weighted by Crippen LogP contribution is -2.52. The number of piperidine rings is 2. The number of likely N-dealkylation sites (tertiary alicyclic amines) is 2. The quantitative estimate of drug-likeness (QED) is 0.465. The number of methoxy groups -OCH3 is 1. The van der Waals surface area contributed by atoms with Gasteiger partial charge in [0, 0.05) is 37.8 Å². The van der Waals surface area contributed by atoms with Gasteiger partial charge in [-0.1, -0.05) is 45.0 Å². The van der Waals surface area contributed by atoms with E-state index >= 15 is 0 Å². The van der Waals surface area contributed by atoms with E-state index in [1.165, 1.54) is 21.7 Å². The Morgan fingerprint density at radius 1 is 1.00 bits per heavy atom. The zero-order valence-corrected chi connectivity index (χ0v) is 26.6. The molecule has 2 saturated heterocycles. The number of rotatable bonds is 8. The van der Waals surface area contributed by atoms with Gasteiger partial charge in [0.2, 0.25) is 15.9 Å². The topological polar surface area (TPSA) is 95.9 Å². The van der Waals surface area contributed by atoms with Crippen LogP contribution in [-0.2, 0) is 28.3 Å². The number of carbonyl (C=O) groups is 1. The SMILES string of the molecule is COc1nnc(C(=O)N2CCC(N3CCC(N(C)S(C)(=O)=O)CC3)CC2)c(C)c1CCc1ccc(C(C)(C)C)cc1. The van der Waals surface area contributed by atoms with Crippen LogP contribution in [0.2, 0.25) is 0 Å². The smallest absolute Gasteiger partial charge is 0.274 e. The van der Waals surface area contributed by atoms with Gasteiger partial charge in [-0.2, -0.15) is 0 Å². The van der Waals surface area contributed by atoms with Crippen molar-refractivity contribution < 1.29 is 17.9 Å². The lowest BCUT2D eigenvalue weighted by Gasteiger charge is -2.43. The summed E-state index contributed by atoms with van der Waals surface area (Å²) in [6, 6.07) is 9.22. The molecule has 1 aromatic heterocycles. The highest BCUT2D eigenvalue weighted by atomic mass is 32.2. The van der Waals surface area contributed by atoms with Crippen molar-refractivity contribution in [3.05, 3.63) is 52.2 Å². The molecule has 1 aromatic carbocycles. The standard InChI is InChI=1S/C31H47N5O4S/c1-22-27(13-10-23-8-11-24(12-9-23)31(2,3)4)29(40-6)33-32-28(22)30(37)36-20-16-26(17-21-36)35-18-14-25(15-19-35)34(5)41(7,38)39/h8-9,11-12,25-26H,10,13-21H2,1-7H3. The van der Waals surface area contributed by atoms with Crippen LogP contribution >= 0.6 is 0 Å². The predicted molar refractivity (Wildman–Crippen MR) is 162 cm³/mol. The minimum atomic E-state index is -3.17. The van der Waals surface area contributed by atoms with Crippen molar-refractivity contribution in [3.63, 3.8) is 0 Å². The van der Waals surface area contributed by atoms with E-state index in [9.17, 15) is 13.2 Å². The largest absolute Gasteiger partial charge is 0.480 e. The summed E-state index contributed by atoms with van der Waals surface area (Å²) in [6.07, 6.45) is 6.29. The van der Waals surface area contributed by atoms with Gasteiger partial charge in [0.25, 0.3) is 5.91 Å². The summed E-state index contributed by atoms with van der Waals surface area (Å²) in [6.45, 7) is 11.7. The first-order chi connectivity index (χ1) is 19.3. The molecule has 2 fully saturated rings. The second-order valence-corrected chi connectivity index (χ2v) is 14.7. The molecule has 2 aliphatic rings. The number of amides is 1. The molecule has 0 atom stereocenters. The first-order valence-corrected chi connectivity index (χ1v) is 16.6. The molecule has 1 amide bonds. The van der Waals surface area contributed by atoms with Crippen molar-refractivity contribution in [1.82, 2.24) is 24.3 Å². The summed E-state index contributed by atoms with van der Waals surface area (Å²) in [7, 11) is 0.105. The summed E-state index contributed by atoms with van der Waals surface area (Å²) < 4.78 is 30.9. The molecule has 0 aliphatic carbocycles. The molecule has 0 spiro atoms. The lowest BCUT2D eigenvalue weighted by molar-refractivity contribution is 0.0541. The number of ether oxygens (including phenoxy) is 1. The predicted octanol–water partition coefficient (Wildman–Crippen LogP) is 3.84. The Morgan fingerprint density at radius 2 is 1.61 bits per heavy atom. The van der Waals surface area contributed by atoms with Gasteiger partial charge in [-0.25, -0.2) is 12.7 Å². The van der Waals surface area contributed by atoms with Crippen molar-refractivity contribution in [3.8, 4) is 5.88 Å². The number of hydrogen-bond acceptors (Lipinski definition) is 7. The molecule has 2 aromatic rings. The molecule has 0 saturated carbocycles. The van der Waals surface area contributed by atoms with E-state index < -0.39 is 10.0 Å². The molecule has 10 heteroatoms. The number of aryl methyl sites for hydroxylation is 1. The molecular weight excluding hydrogens is 538 g/mol. The van der Waals surface area contributed by atoms with E-state index in [0.717, 1.165) is 56.3 Å². The molecule has 4 rings (SSSR count). The maximum atomic E-state index is 13.6. The third kappa shape index (κ3) is 7.45. The molecule has 0 unspecified atom stereocenters. The van der Waals surface area contributed by atoms with Gasteiger partial charge in [-0.15, -0.1) is 10.2 Å². The molecular formula is C31H47N5O4S. The van der Waals surface area contributed by atoms with Crippen LogP contribution in [-0.4, -0.2) is 97.3 Å². The van der Waals surface area contributed by atoms with Gasteiger partial charge >= 0.3 is 0 Å². The Hall–Kier alpha value is -2.56. The van der Waals surface area contributed by atoms with Crippen molar-refractivity contribution in [2.75, 3.05) is 46.6 Å². The number of benzene rings is 1. The average Bonchev–Trinajstić information content (AvgIpc) is 2.95. The monoisotopic (exact) mass is 585 g/mol. The van der Waals surface area contributed by atoms with E-state index in [2.05, 4.69) is 60.1 Å². The van der Waals surface area contributed by atoms with Crippen molar-refractivity contribution in [1.29, 1.82) is 0 Å². The second kappa shape index (κ2) is 12.8. The molecule has 0 N–H and O–H groups in total. The third-order valence-electron chi connectivity index (χ3n) is 8.99. The zero-order valence-electron chi connectivity index (χ0n) is 25.8. The molecule has 0 radical (unpaired) electrons. The zero-order chi connectivity index (χ0) is 29.9. The van der Waals surface area contributed by atoms with Crippen molar-refractivity contribution in [2.45, 2.75) is 83.7 Å². The van der Waals surface area contributed by atoms with Crippen LogP contribution in [0.5, 0.6) is 5.88 Å². The maximum Gasteiger partial charge on any atom is 0.274 e. The Balaban J connectivity index is 1.36. The fourth-order valence-electron chi connectivity index (χ4n) is 6.11. The van der Waals surface area contributed by atoms with E-state index in [4.69, 9.17) is 4.74 Å². The Bertz CT molecular complexity index is 1310. The Morgan fingerprint density at radius 3 is 2.15 bits per heavy atom. The van der Waals surface area contributed by atoms with Crippen LogP contribution in [0.1, 0.15) is 79.2 Å². The highest BCUT2D eigenvalue weighted by Crippen LogP contribution is 2.28. The molecule has 41 heavy (non-hydrogen) atoms. The minimum Gasteiger partial charge on any atom is -0.480 e. The Kier molecular flexibility index (Phi) is 9.76. The number of sulfonamides is 1. The molecule has 9 nitrogen and oxygen atoms in total. The number of aromatic nitrogens is 2. The number of carbonyl (C=O) groups excluding carboxylic acids is 1. The van der Waals surface area contributed by atoms with Gasteiger partial charge in [0.1, 0.15) is 0 Å². The average molecular weight is 586 g/mol. The first-order valence-electron chi connectivity index (χ1n) is 14.8. The van der Waals surface area contributed by atoms with Crippen LogP contribution in [0, 0.1) is 6.92 Å². The van der Waals surface area contributed by atoms with E-state index in [1.807, 2.05) is 11.8 Å². The van der Waals surface area contributed by atoms with Crippen LogP contribution in [0.3, 0.4) is 0 Å². The van der Waals surface area contributed by atoms with Gasteiger partial charge < -0.3 is 14.5 Å². The summed E-state index contributed by atoms with van der Waals surface area (Å²) >= 11 is 0. The van der Waals surface area contributed by atoms with Crippen LogP contribution in [0.25, 0.3) is 0 Å². The second-order valence-electron chi connectivity index (χ2n) is 12.7. The highest BCUT2D eigenvalue weighted by Gasteiger charge is 2.33. The summed E-state index contributed by atoms with van der Waals surface area (Å²) in [5.41, 5.74) is 4.84. The fourth-order valence-corrected chi connectivity index (χ4v) is 6.86. The van der Waals surface area contributed by atoms with Gasteiger partial charge in [0.05, 0.1) is 13.4 Å². The summed E-state index contributed by atoms with van der Waals surface area (Å²) in [4.78, 5) is 18.0. The van der Waals surface area contributed by atoms with Crippen molar-refractivity contribution >= 4 is 15.9 Å². The number of nitrogens with zero attached hydrogens (tertiary/aromatic N) is 5. The number of hydrogen-bond donors (Lipinski definition) is 0. The summed E-state index contributed by atoms with van der Waals surface area (Å²) in [5.74, 6) is 0.411.